The van der Waals surface area contributed by atoms with Gasteiger partial charge in [-0.05, 0) is 25.5 Å². The van der Waals surface area contributed by atoms with Crippen LogP contribution < -0.4 is 0 Å². The quantitative estimate of drug-likeness (QED) is 0.698. The molecule has 0 fully saturated rings. The summed E-state index contributed by atoms with van der Waals surface area (Å²) in [6, 6.07) is 7.86. The molecule has 0 saturated carbocycles. The lowest BCUT2D eigenvalue weighted by Gasteiger charge is -2.13. The number of Topliss-reactive ketones (excluding diaryl/α,β-unsaturated/α-hetero) is 1. The molecular weight excluding hydrogens is 228 g/mol. The molecule has 2 heteroatoms. The highest BCUT2D eigenvalue weighted by Gasteiger charge is 2.16. The molecule has 0 N–H and O–H groups in total. The van der Waals surface area contributed by atoms with Crippen LogP contribution in [0, 0.1) is 12.8 Å². The van der Waals surface area contributed by atoms with Gasteiger partial charge >= 0.3 is 0 Å². The molecule has 2 atom stereocenters. The van der Waals surface area contributed by atoms with Crippen molar-refractivity contribution >= 4 is 17.5 Å². The van der Waals surface area contributed by atoms with Crippen molar-refractivity contribution in [2.75, 3.05) is 5.75 Å². The summed E-state index contributed by atoms with van der Waals surface area (Å²) >= 11 is 1.77. The second-order valence-electron chi connectivity index (χ2n) is 4.72. The van der Waals surface area contributed by atoms with E-state index in [1.54, 1.807) is 11.8 Å². The fourth-order valence-corrected chi connectivity index (χ4v) is 2.60. The molecule has 1 rings (SSSR count). The molecule has 0 aliphatic rings. The van der Waals surface area contributed by atoms with Gasteiger partial charge in [0.2, 0.25) is 0 Å². The summed E-state index contributed by atoms with van der Waals surface area (Å²) < 4.78 is 0. The summed E-state index contributed by atoms with van der Waals surface area (Å²) in [6.45, 7) is 8.47. The van der Waals surface area contributed by atoms with Crippen molar-refractivity contribution in [2.24, 2.45) is 5.92 Å². The molecule has 1 nitrogen and oxygen atoms in total. The summed E-state index contributed by atoms with van der Waals surface area (Å²) in [5.74, 6) is 2.00. The maximum absolute atomic E-state index is 12.1. The van der Waals surface area contributed by atoms with Gasteiger partial charge in [0.25, 0.3) is 0 Å². The lowest BCUT2D eigenvalue weighted by atomic mass is 10.1. The molecule has 0 bridgehead atoms. The fourth-order valence-electron chi connectivity index (χ4n) is 1.45. The van der Waals surface area contributed by atoms with Crippen LogP contribution in [0.2, 0.25) is 0 Å². The monoisotopic (exact) mass is 250 g/mol. The third-order valence-corrected chi connectivity index (χ3v) is 4.51. The Morgan fingerprint density at radius 2 is 1.82 bits per heavy atom. The maximum Gasteiger partial charge on any atom is 0.175 e. The van der Waals surface area contributed by atoms with Crippen LogP contribution >= 0.6 is 11.8 Å². The third kappa shape index (κ3) is 4.55. The Labute approximate surface area is 109 Å². The number of aryl methyl sites for hydroxylation is 1. The Hall–Kier alpha value is -0.760. The molecule has 2 unspecified atom stereocenters. The fraction of sp³-hybridized carbons (Fsp3) is 0.533. The van der Waals surface area contributed by atoms with Crippen LogP contribution in [-0.2, 0) is 0 Å². The van der Waals surface area contributed by atoms with E-state index >= 15 is 0 Å². The van der Waals surface area contributed by atoms with Gasteiger partial charge in [-0.3, -0.25) is 4.79 Å². The molecule has 17 heavy (non-hydrogen) atoms. The van der Waals surface area contributed by atoms with Gasteiger partial charge in [-0.1, -0.05) is 50.1 Å². The Morgan fingerprint density at radius 3 is 2.35 bits per heavy atom. The van der Waals surface area contributed by atoms with Crippen molar-refractivity contribution in [2.45, 2.75) is 39.4 Å². The van der Waals surface area contributed by atoms with Crippen molar-refractivity contribution in [3.8, 4) is 0 Å². The van der Waals surface area contributed by atoms with Crippen molar-refractivity contribution < 1.29 is 4.79 Å². The van der Waals surface area contributed by atoms with Crippen molar-refractivity contribution in [1.82, 2.24) is 0 Å². The minimum Gasteiger partial charge on any atom is -0.293 e. The zero-order valence-electron chi connectivity index (χ0n) is 11.2. The minimum absolute atomic E-state index is 0.0618. The highest BCUT2D eigenvalue weighted by Crippen LogP contribution is 2.20. The zero-order chi connectivity index (χ0) is 12.8. The van der Waals surface area contributed by atoms with Gasteiger partial charge in [0.15, 0.2) is 5.78 Å². The molecule has 0 spiro atoms. The van der Waals surface area contributed by atoms with Crippen LogP contribution in [-0.4, -0.2) is 16.8 Å². The first-order valence-electron chi connectivity index (χ1n) is 6.27. The van der Waals surface area contributed by atoms with Crippen LogP contribution in [0.3, 0.4) is 0 Å². The van der Waals surface area contributed by atoms with E-state index in [9.17, 15) is 4.79 Å². The normalized spacial score (nSPS) is 14.4. The van der Waals surface area contributed by atoms with Gasteiger partial charge in [0.05, 0.1) is 5.25 Å². The first-order chi connectivity index (χ1) is 8.04. The Morgan fingerprint density at radius 1 is 1.24 bits per heavy atom. The molecule has 0 heterocycles. The van der Waals surface area contributed by atoms with E-state index in [4.69, 9.17) is 0 Å². The molecule has 0 aromatic heterocycles. The zero-order valence-corrected chi connectivity index (χ0v) is 12.0. The number of rotatable bonds is 6. The predicted octanol–water partition coefficient (Wildman–Crippen LogP) is 4.35. The van der Waals surface area contributed by atoms with E-state index in [2.05, 4.69) is 13.8 Å². The summed E-state index contributed by atoms with van der Waals surface area (Å²) in [5, 5.41) is 0.0618. The highest BCUT2D eigenvalue weighted by atomic mass is 32.2. The molecule has 1 aromatic carbocycles. The molecule has 0 radical (unpaired) electrons. The van der Waals surface area contributed by atoms with Crippen LogP contribution in [0.1, 0.15) is 43.1 Å². The largest absolute Gasteiger partial charge is 0.293 e. The smallest absolute Gasteiger partial charge is 0.175 e. The first kappa shape index (κ1) is 14.3. The minimum atomic E-state index is 0.0618. The number of ketones is 1. The Balaban J connectivity index is 2.54. The van der Waals surface area contributed by atoms with Gasteiger partial charge in [-0.25, -0.2) is 0 Å². The number of carbonyl (C=O) groups is 1. The van der Waals surface area contributed by atoms with Crippen LogP contribution in [0.15, 0.2) is 24.3 Å². The summed E-state index contributed by atoms with van der Waals surface area (Å²) in [5.41, 5.74) is 2.03. The average molecular weight is 250 g/mol. The van der Waals surface area contributed by atoms with E-state index < -0.39 is 0 Å². The highest BCUT2D eigenvalue weighted by molar-refractivity contribution is 8.00. The molecule has 94 valence electrons. The second-order valence-corrected chi connectivity index (χ2v) is 6.09. The molecule has 0 aliphatic carbocycles. The van der Waals surface area contributed by atoms with Crippen LogP contribution in [0.5, 0.6) is 0 Å². The maximum atomic E-state index is 12.1. The summed E-state index contributed by atoms with van der Waals surface area (Å²) in [4.78, 5) is 12.1. The van der Waals surface area contributed by atoms with E-state index in [0.717, 1.165) is 11.3 Å². The molecule has 1 aromatic rings. The van der Waals surface area contributed by atoms with Gasteiger partial charge < -0.3 is 0 Å². The number of thioether (sulfide) groups is 1. The van der Waals surface area contributed by atoms with E-state index in [1.165, 1.54) is 12.0 Å². The SMILES string of the molecule is CCC(C)CSC(C)C(=O)c1ccc(C)cc1. The molecule has 0 amide bonds. The standard InChI is InChI=1S/C15H22OS/c1-5-11(2)10-17-13(4)15(16)14-8-6-12(3)7-9-14/h6-9,11,13H,5,10H2,1-4H3. The van der Waals surface area contributed by atoms with Crippen LogP contribution in [0.25, 0.3) is 0 Å². The van der Waals surface area contributed by atoms with Crippen molar-refractivity contribution in [1.29, 1.82) is 0 Å². The van der Waals surface area contributed by atoms with Crippen molar-refractivity contribution in [3.05, 3.63) is 35.4 Å². The summed E-state index contributed by atoms with van der Waals surface area (Å²) in [7, 11) is 0. The number of carbonyl (C=O) groups excluding carboxylic acids is 1. The topological polar surface area (TPSA) is 17.1 Å². The van der Waals surface area contributed by atoms with E-state index in [-0.39, 0.29) is 11.0 Å². The number of hydrogen-bond donors (Lipinski definition) is 0. The summed E-state index contributed by atoms with van der Waals surface area (Å²) in [6.07, 6.45) is 1.18. The first-order valence-corrected chi connectivity index (χ1v) is 7.32. The Kier molecular flexibility index (Phi) is 5.76. The molecule has 0 saturated heterocycles. The van der Waals surface area contributed by atoms with E-state index in [1.807, 2.05) is 38.1 Å². The van der Waals surface area contributed by atoms with Gasteiger partial charge in [0.1, 0.15) is 0 Å². The molecular formula is C15H22OS. The number of hydrogen-bond acceptors (Lipinski definition) is 2. The Bertz CT molecular complexity index is 356. The number of benzene rings is 1. The van der Waals surface area contributed by atoms with Gasteiger partial charge in [-0.2, -0.15) is 11.8 Å². The van der Waals surface area contributed by atoms with Gasteiger partial charge in [0, 0.05) is 5.56 Å². The molecule has 0 aliphatic heterocycles. The van der Waals surface area contributed by atoms with Crippen molar-refractivity contribution in [3.63, 3.8) is 0 Å². The van der Waals surface area contributed by atoms with E-state index in [0.29, 0.717) is 5.92 Å². The lowest BCUT2D eigenvalue weighted by Crippen LogP contribution is -2.15. The third-order valence-electron chi connectivity index (χ3n) is 3.03. The van der Waals surface area contributed by atoms with Gasteiger partial charge in [-0.15, -0.1) is 0 Å². The second kappa shape index (κ2) is 6.85. The van der Waals surface area contributed by atoms with Crippen LogP contribution in [0.4, 0.5) is 0 Å². The predicted molar refractivity (Wildman–Crippen MR) is 76.9 cm³/mol. The average Bonchev–Trinajstić information content (AvgIpc) is 2.35. The lowest BCUT2D eigenvalue weighted by molar-refractivity contribution is 0.0994.